The van der Waals surface area contributed by atoms with Crippen molar-refractivity contribution in [3.05, 3.63) is 53.0 Å². The van der Waals surface area contributed by atoms with Gasteiger partial charge in [0.15, 0.2) is 0 Å². The van der Waals surface area contributed by atoms with E-state index in [0.717, 1.165) is 21.5 Å². The van der Waals surface area contributed by atoms with Gasteiger partial charge in [-0.2, -0.15) is 0 Å². The van der Waals surface area contributed by atoms with Crippen LogP contribution in [-0.4, -0.2) is 33.4 Å². The van der Waals surface area contributed by atoms with Gasteiger partial charge >= 0.3 is 0 Å². The minimum absolute atomic E-state index is 0.151. The summed E-state index contributed by atoms with van der Waals surface area (Å²) in [6.45, 7) is 9.70. The number of aliphatic hydroxyl groups is 1. The van der Waals surface area contributed by atoms with Crippen molar-refractivity contribution >= 4 is 22.0 Å². The largest absolute Gasteiger partial charge is 0.489 e. The Labute approximate surface area is 170 Å². The summed E-state index contributed by atoms with van der Waals surface area (Å²) in [7, 11) is 0. The molecule has 27 heavy (non-hydrogen) atoms. The first-order valence-electron chi connectivity index (χ1n) is 8.99. The van der Waals surface area contributed by atoms with E-state index in [1.165, 1.54) is 0 Å². The molecular formula is C21H29BrN2O3. The SMILES string of the molecule is CC(C)Oc1cncc(/C=C/C[C@@H](C)O)c1.CC(C)Oc1cncc(Br)c1. The molecule has 0 amide bonds. The number of halogens is 1. The van der Waals surface area contributed by atoms with Crippen molar-refractivity contribution in [2.75, 3.05) is 0 Å². The standard InChI is InChI=1S/C13H19NO2.C8H10BrNO/c1-10(2)16-13-7-12(8-14-9-13)6-4-5-11(3)15;1-6(2)11-8-3-7(9)4-10-5-8/h4,6-11,15H,5H2,1-3H3;3-6H,1-2H3/b6-4+;/t11-;/m1./s1. The monoisotopic (exact) mass is 436 g/mol. The Bertz CT molecular complexity index is 703. The predicted octanol–water partition coefficient (Wildman–Crippen LogP) is 5.28. The lowest BCUT2D eigenvalue weighted by atomic mass is 10.2. The second-order valence-corrected chi connectivity index (χ2v) is 7.53. The van der Waals surface area contributed by atoms with Crippen LogP contribution >= 0.6 is 15.9 Å². The smallest absolute Gasteiger partial charge is 0.139 e. The molecular weight excluding hydrogens is 408 g/mol. The number of aromatic nitrogens is 2. The maximum Gasteiger partial charge on any atom is 0.139 e. The highest BCUT2D eigenvalue weighted by molar-refractivity contribution is 9.10. The molecule has 0 saturated carbocycles. The molecule has 0 bridgehead atoms. The molecule has 2 heterocycles. The lowest BCUT2D eigenvalue weighted by molar-refractivity contribution is 0.199. The van der Waals surface area contributed by atoms with Crippen molar-refractivity contribution in [1.29, 1.82) is 0 Å². The highest BCUT2D eigenvalue weighted by atomic mass is 79.9. The number of hydrogen-bond donors (Lipinski definition) is 1. The zero-order valence-electron chi connectivity index (χ0n) is 16.6. The Morgan fingerprint density at radius 3 is 2.00 bits per heavy atom. The highest BCUT2D eigenvalue weighted by Gasteiger charge is 1.99. The number of rotatable bonds is 7. The predicted molar refractivity (Wildman–Crippen MR) is 113 cm³/mol. The third-order valence-electron chi connectivity index (χ3n) is 2.95. The van der Waals surface area contributed by atoms with Gasteiger partial charge in [0, 0.05) is 16.9 Å². The quantitative estimate of drug-likeness (QED) is 0.638. The summed E-state index contributed by atoms with van der Waals surface area (Å²) < 4.78 is 11.9. The van der Waals surface area contributed by atoms with Crippen LogP contribution in [0.4, 0.5) is 0 Å². The molecule has 2 aromatic heterocycles. The summed E-state index contributed by atoms with van der Waals surface area (Å²) in [5.41, 5.74) is 0.985. The van der Waals surface area contributed by atoms with Crippen LogP contribution in [0, 0.1) is 0 Å². The summed E-state index contributed by atoms with van der Waals surface area (Å²) in [6, 6.07) is 3.83. The van der Waals surface area contributed by atoms with Crippen LogP contribution in [0.2, 0.25) is 0 Å². The molecule has 0 spiro atoms. The van der Waals surface area contributed by atoms with Crippen molar-refractivity contribution in [2.24, 2.45) is 0 Å². The molecule has 2 rings (SSSR count). The minimum Gasteiger partial charge on any atom is -0.489 e. The van der Waals surface area contributed by atoms with E-state index in [1.54, 1.807) is 31.7 Å². The topological polar surface area (TPSA) is 64.5 Å². The van der Waals surface area contributed by atoms with E-state index in [1.807, 2.05) is 52.0 Å². The van der Waals surface area contributed by atoms with Crippen molar-refractivity contribution in [2.45, 2.75) is 59.4 Å². The zero-order valence-corrected chi connectivity index (χ0v) is 18.2. The molecule has 1 N–H and O–H groups in total. The second-order valence-electron chi connectivity index (χ2n) is 6.61. The van der Waals surface area contributed by atoms with Gasteiger partial charge in [0.05, 0.1) is 30.7 Å². The number of nitrogens with zero attached hydrogens (tertiary/aromatic N) is 2. The van der Waals surface area contributed by atoms with Gasteiger partial charge in [0.2, 0.25) is 0 Å². The molecule has 0 fully saturated rings. The van der Waals surface area contributed by atoms with E-state index >= 15 is 0 Å². The van der Waals surface area contributed by atoms with Gasteiger partial charge in [-0.3, -0.25) is 9.97 Å². The van der Waals surface area contributed by atoms with Gasteiger partial charge in [-0.25, -0.2) is 0 Å². The molecule has 6 heteroatoms. The number of aliphatic hydroxyl groups excluding tert-OH is 1. The van der Waals surface area contributed by atoms with E-state index in [9.17, 15) is 0 Å². The van der Waals surface area contributed by atoms with Crippen molar-refractivity contribution < 1.29 is 14.6 Å². The lowest BCUT2D eigenvalue weighted by Crippen LogP contribution is -2.05. The molecule has 0 aliphatic heterocycles. The average Bonchev–Trinajstić information content (AvgIpc) is 2.54. The fourth-order valence-electron chi connectivity index (χ4n) is 1.99. The Kier molecular flexibility index (Phi) is 10.7. The van der Waals surface area contributed by atoms with Crippen LogP contribution in [0.15, 0.2) is 47.5 Å². The van der Waals surface area contributed by atoms with Crippen LogP contribution in [0.25, 0.3) is 6.08 Å². The maximum atomic E-state index is 9.11. The van der Waals surface area contributed by atoms with Crippen molar-refractivity contribution in [1.82, 2.24) is 9.97 Å². The third kappa shape index (κ3) is 11.4. The highest BCUT2D eigenvalue weighted by Crippen LogP contribution is 2.16. The Morgan fingerprint density at radius 2 is 1.48 bits per heavy atom. The molecule has 1 atom stereocenters. The number of ether oxygens (including phenoxy) is 2. The zero-order chi connectivity index (χ0) is 20.2. The molecule has 0 unspecified atom stereocenters. The first kappa shape index (κ1) is 23.1. The van der Waals surface area contributed by atoms with E-state index in [0.29, 0.717) is 6.42 Å². The summed E-state index contributed by atoms with van der Waals surface area (Å²) in [5, 5.41) is 9.11. The molecule has 0 saturated heterocycles. The van der Waals surface area contributed by atoms with Gasteiger partial charge < -0.3 is 14.6 Å². The normalized spacial score (nSPS) is 12.0. The molecule has 2 aromatic rings. The fraction of sp³-hybridized carbons (Fsp3) is 0.429. The molecule has 148 valence electrons. The Hall–Kier alpha value is -1.92. The van der Waals surface area contributed by atoms with Gasteiger partial charge in [-0.1, -0.05) is 12.2 Å². The second kappa shape index (κ2) is 12.5. The summed E-state index contributed by atoms with van der Waals surface area (Å²) in [5.74, 6) is 1.57. The van der Waals surface area contributed by atoms with E-state index in [2.05, 4.69) is 25.9 Å². The van der Waals surface area contributed by atoms with Crippen LogP contribution in [0.1, 0.15) is 46.6 Å². The molecule has 0 aliphatic rings. The first-order valence-corrected chi connectivity index (χ1v) is 9.79. The van der Waals surface area contributed by atoms with Crippen LogP contribution in [0.5, 0.6) is 11.5 Å². The Balaban J connectivity index is 0.000000289. The van der Waals surface area contributed by atoms with Crippen LogP contribution < -0.4 is 9.47 Å². The average molecular weight is 437 g/mol. The summed E-state index contributed by atoms with van der Waals surface area (Å²) in [6.07, 6.45) is 11.5. The van der Waals surface area contributed by atoms with Crippen LogP contribution in [0.3, 0.4) is 0 Å². The lowest BCUT2D eigenvalue weighted by Gasteiger charge is -2.09. The van der Waals surface area contributed by atoms with E-state index < -0.39 is 0 Å². The third-order valence-corrected chi connectivity index (χ3v) is 3.38. The van der Waals surface area contributed by atoms with Gasteiger partial charge in [-0.15, -0.1) is 0 Å². The Morgan fingerprint density at radius 1 is 0.926 bits per heavy atom. The van der Waals surface area contributed by atoms with Crippen LogP contribution in [-0.2, 0) is 0 Å². The number of hydrogen-bond acceptors (Lipinski definition) is 5. The molecule has 0 aromatic carbocycles. The van der Waals surface area contributed by atoms with E-state index in [-0.39, 0.29) is 18.3 Å². The molecule has 0 aliphatic carbocycles. The van der Waals surface area contributed by atoms with Crippen molar-refractivity contribution in [3.63, 3.8) is 0 Å². The maximum absolute atomic E-state index is 9.11. The summed E-state index contributed by atoms with van der Waals surface area (Å²) >= 11 is 3.31. The molecule has 5 nitrogen and oxygen atoms in total. The summed E-state index contributed by atoms with van der Waals surface area (Å²) in [4.78, 5) is 8.06. The van der Waals surface area contributed by atoms with Gasteiger partial charge in [0.25, 0.3) is 0 Å². The minimum atomic E-state index is -0.306. The van der Waals surface area contributed by atoms with Crippen molar-refractivity contribution in [3.8, 4) is 11.5 Å². The first-order chi connectivity index (χ1) is 12.8. The van der Waals surface area contributed by atoms with Gasteiger partial charge in [-0.05, 0) is 74.7 Å². The van der Waals surface area contributed by atoms with Gasteiger partial charge in [0.1, 0.15) is 11.5 Å². The fourth-order valence-corrected chi connectivity index (χ4v) is 2.34. The number of pyridine rings is 2. The van der Waals surface area contributed by atoms with E-state index in [4.69, 9.17) is 14.6 Å². The molecule has 0 radical (unpaired) electrons.